The highest BCUT2D eigenvalue weighted by molar-refractivity contribution is 7.87. The van der Waals surface area contributed by atoms with Crippen LogP contribution in [0.4, 0.5) is 13.2 Å². The zero-order chi connectivity index (χ0) is 27.2. The molecule has 3 saturated heterocycles. The predicted molar refractivity (Wildman–Crippen MR) is 134 cm³/mol. The first-order valence-corrected chi connectivity index (χ1v) is 14.2. The highest BCUT2D eigenvalue weighted by Crippen LogP contribution is 2.61. The summed E-state index contributed by atoms with van der Waals surface area (Å²) in [7, 11) is -2.66. The molecule has 6 rings (SSSR count). The maximum atomic E-state index is 17.0. The number of nitrogens with zero attached hydrogens (tertiary/aromatic N) is 2. The van der Waals surface area contributed by atoms with Gasteiger partial charge in [-0.05, 0) is 37.8 Å². The van der Waals surface area contributed by atoms with E-state index in [1.54, 1.807) is 32.0 Å². The largest absolute Gasteiger partial charge is 0.368 e. The standard InChI is InChI=1S/C27H30F3N3O4S/c1-15-6-4-8-17(22(15)28)18-9-5-7-16(23(18)29)12-19-24-27(30,14-33(19)25(34)20-10-11-37-20)21-13-26(21,2)32(3)38(35,36)31-24/h4-9,19-21,24,31H,10-14H2,1-3H3/t19-,20-,21?,24+,26?,27?/m0/s1. The Morgan fingerprint density at radius 1 is 1.16 bits per heavy atom. The molecule has 6 atom stereocenters. The number of alkyl halides is 1. The number of hydrogen-bond acceptors (Lipinski definition) is 4. The third-order valence-corrected chi connectivity index (χ3v) is 10.8. The van der Waals surface area contributed by atoms with Gasteiger partial charge in [-0.15, -0.1) is 0 Å². The number of carbonyl (C=O) groups is 1. The molecule has 3 heterocycles. The van der Waals surface area contributed by atoms with E-state index in [9.17, 15) is 17.6 Å². The van der Waals surface area contributed by atoms with Gasteiger partial charge < -0.3 is 9.64 Å². The molecule has 3 unspecified atom stereocenters. The van der Waals surface area contributed by atoms with Crippen molar-refractivity contribution < 1.29 is 31.1 Å². The summed E-state index contributed by atoms with van der Waals surface area (Å²) in [6, 6.07) is 6.98. The number of hydrogen-bond donors (Lipinski definition) is 1. The Balaban J connectivity index is 1.42. The van der Waals surface area contributed by atoms with Crippen LogP contribution in [-0.4, -0.2) is 73.1 Å². The summed E-state index contributed by atoms with van der Waals surface area (Å²) in [6.45, 7) is 3.39. The maximum Gasteiger partial charge on any atom is 0.280 e. The van der Waals surface area contributed by atoms with Crippen LogP contribution in [0.3, 0.4) is 0 Å². The highest BCUT2D eigenvalue weighted by Gasteiger charge is 2.74. The second-order valence-electron chi connectivity index (χ2n) is 11.2. The molecule has 1 N–H and O–H groups in total. The number of likely N-dealkylation sites (tertiary alicyclic amines) is 1. The number of rotatable bonds is 4. The first-order chi connectivity index (χ1) is 17.9. The minimum Gasteiger partial charge on any atom is -0.368 e. The van der Waals surface area contributed by atoms with Crippen LogP contribution in [0.5, 0.6) is 0 Å². The molecule has 1 aliphatic carbocycles. The number of carbonyl (C=O) groups excluding carboxylic acids is 1. The molecule has 2 aromatic rings. The van der Waals surface area contributed by atoms with Crippen molar-refractivity contribution >= 4 is 16.1 Å². The fraction of sp³-hybridized carbons (Fsp3) is 0.519. The monoisotopic (exact) mass is 549 g/mol. The van der Waals surface area contributed by atoms with E-state index < -0.39 is 63.1 Å². The number of benzene rings is 2. The van der Waals surface area contributed by atoms with Crippen LogP contribution in [0.25, 0.3) is 11.1 Å². The van der Waals surface area contributed by atoms with E-state index in [1.165, 1.54) is 34.5 Å². The van der Waals surface area contributed by atoms with Crippen LogP contribution in [0, 0.1) is 24.5 Å². The van der Waals surface area contributed by atoms with Crippen molar-refractivity contribution in [1.82, 2.24) is 13.9 Å². The molecule has 0 bridgehead atoms. The van der Waals surface area contributed by atoms with E-state index in [-0.39, 0.29) is 29.7 Å². The molecule has 1 amide bonds. The lowest BCUT2D eigenvalue weighted by Gasteiger charge is -2.34. The van der Waals surface area contributed by atoms with Gasteiger partial charge in [0.1, 0.15) is 17.7 Å². The third-order valence-electron chi connectivity index (χ3n) is 9.11. The minimum absolute atomic E-state index is 0.0457. The van der Waals surface area contributed by atoms with Crippen molar-refractivity contribution in [3.05, 3.63) is 59.2 Å². The van der Waals surface area contributed by atoms with Crippen LogP contribution in [0.2, 0.25) is 0 Å². The van der Waals surface area contributed by atoms with E-state index in [1.807, 2.05) is 0 Å². The van der Waals surface area contributed by atoms with Gasteiger partial charge in [0, 0.05) is 36.1 Å². The van der Waals surface area contributed by atoms with Crippen molar-refractivity contribution in [2.24, 2.45) is 5.92 Å². The van der Waals surface area contributed by atoms with Crippen LogP contribution in [0.1, 0.15) is 30.9 Å². The fourth-order valence-corrected chi connectivity index (χ4v) is 8.08. The quantitative estimate of drug-likeness (QED) is 0.636. The van der Waals surface area contributed by atoms with Crippen molar-refractivity contribution in [3.8, 4) is 11.1 Å². The average Bonchev–Trinajstić information content (AvgIpc) is 3.47. The van der Waals surface area contributed by atoms with Gasteiger partial charge in [0.2, 0.25) is 0 Å². The van der Waals surface area contributed by atoms with Gasteiger partial charge in [-0.1, -0.05) is 36.4 Å². The zero-order valence-electron chi connectivity index (χ0n) is 21.4. The average molecular weight is 550 g/mol. The van der Waals surface area contributed by atoms with Crippen molar-refractivity contribution in [2.75, 3.05) is 20.2 Å². The summed E-state index contributed by atoms with van der Waals surface area (Å²) < 4.78 is 83.2. The number of halogens is 3. The summed E-state index contributed by atoms with van der Waals surface area (Å²) in [4.78, 5) is 14.7. The van der Waals surface area contributed by atoms with Crippen LogP contribution >= 0.6 is 0 Å². The number of aryl methyl sites for hydroxylation is 1. The summed E-state index contributed by atoms with van der Waals surface area (Å²) in [5.74, 6) is -2.29. The first-order valence-electron chi connectivity index (χ1n) is 12.8. The topological polar surface area (TPSA) is 79.0 Å². The third kappa shape index (κ3) is 3.65. The van der Waals surface area contributed by atoms with Gasteiger partial charge in [-0.25, -0.2) is 13.2 Å². The highest BCUT2D eigenvalue weighted by atomic mass is 32.2. The molecule has 2 aromatic carbocycles. The molecule has 0 spiro atoms. The number of fused-ring (bicyclic) bond motifs is 3. The van der Waals surface area contributed by atoms with E-state index in [2.05, 4.69) is 4.72 Å². The van der Waals surface area contributed by atoms with Crippen LogP contribution in [-0.2, 0) is 26.2 Å². The van der Waals surface area contributed by atoms with Crippen LogP contribution in [0.15, 0.2) is 36.4 Å². The maximum absolute atomic E-state index is 17.0. The Bertz CT molecular complexity index is 1430. The molecular weight excluding hydrogens is 519 g/mol. The second-order valence-corrected chi connectivity index (χ2v) is 12.9. The van der Waals surface area contributed by atoms with Gasteiger partial charge in [-0.2, -0.15) is 17.4 Å². The lowest BCUT2D eigenvalue weighted by Crippen LogP contribution is -2.56. The van der Waals surface area contributed by atoms with Crippen molar-refractivity contribution in [2.45, 2.75) is 62.5 Å². The Labute approximate surface area is 220 Å². The SMILES string of the molecule is Cc1cccc(-c2cccc(C[C@H]3[C@H]4NS(=O)(=O)N(C)C5(C)CC5C4(F)CN3C(=O)[C@@H]3CCO3)c2F)c1F. The van der Waals surface area contributed by atoms with Crippen molar-refractivity contribution in [1.29, 1.82) is 0 Å². The van der Waals surface area contributed by atoms with Gasteiger partial charge in [-0.3, -0.25) is 4.79 Å². The van der Waals surface area contributed by atoms with E-state index in [4.69, 9.17) is 4.74 Å². The molecule has 1 saturated carbocycles. The Hall–Kier alpha value is -2.47. The van der Waals surface area contributed by atoms with Crippen molar-refractivity contribution in [3.63, 3.8) is 0 Å². The van der Waals surface area contributed by atoms with E-state index in [0.717, 1.165) is 0 Å². The zero-order valence-corrected chi connectivity index (χ0v) is 22.2. The lowest BCUT2D eigenvalue weighted by atomic mass is 9.86. The molecule has 4 fully saturated rings. The number of ether oxygens (including phenoxy) is 1. The van der Waals surface area contributed by atoms with Crippen LogP contribution < -0.4 is 4.72 Å². The van der Waals surface area contributed by atoms with Gasteiger partial charge in [0.05, 0.1) is 25.2 Å². The summed E-state index contributed by atoms with van der Waals surface area (Å²) in [5.41, 5.74) is -2.32. The molecule has 3 aliphatic heterocycles. The fourth-order valence-electron chi connectivity index (χ4n) is 6.49. The smallest absolute Gasteiger partial charge is 0.280 e. The van der Waals surface area contributed by atoms with E-state index >= 15 is 8.78 Å². The van der Waals surface area contributed by atoms with Gasteiger partial charge >= 0.3 is 0 Å². The molecule has 0 radical (unpaired) electrons. The summed E-state index contributed by atoms with van der Waals surface area (Å²) >= 11 is 0. The first kappa shape index (κ1) is 25.8. The Kier molecular flexibility index (Phi) is 5.78. The molecule has 11 heteroatoms. The normalized spacial score (nSPS) is 35.7. The molecule has 0 aromatic heterocycles. The summed E-state index contributed by atoms with van der Waals surface area (Å²) in [5, 5.41) is 0. The molecule has 38 heavy (non-hydrogen) atoms. The molecular formula is C27H30F3N3O4S. The Morgan fingerprint density at radius 3 is 2.47 bits per heavy atom. The molecule has 204 valence electrons. The second kappa shape index (κ2) is 8.51. The lowest BCUT2D eigenvalue weighted by molar-refractivity contribution is -0.157. The Morgan fingerprint density at radius 2 is 1.82 bits per heavy atom. The molecule has 7 nitrogen and oxygen atoms in total. The predicted octanol–water partition coefficient (Wildman–Crippen LogP) is 3.12. The number of amides is 1. The van der Waals surface area contributed by atoms with Gasteiger partial charge in [0.25, 0.3) is 16.1 Å². The summed E-state index contributed by atoms with van der Waals surface area (Å²) in [6.07, 6.45) is -0.0796. The minimum atomic E-state index is -4.08. The van der Waals surface area contributed by atoms with E-state index in [0.29, 0.717) is 25.0 Å². The van der Waals surface area contributed by atoms with Gasteiger partial charge in [0.15, 0.2) is 5.67 Å². The number of nitrogens with one attached hydrogen (secondary N) is 1. The molecule has 4 aliphatic rings.